The minimum absolute atomic E-state index is 0.127. The Balaban J connectivity index is 1.64. The maximum atomic E-state index is 10.1. The molecule has 0 amide bonds. The van der Waals surface area contributed by atoms with Crippen molar-refractivity contribution in [3.63, 3.8) is 0 Å². The van der Waals surface area contributed by atoms with E-state index in [1.807, 2.05) is 72.6 Å². The zero-order valence-electron chi connectivity index (χ0n) is 17.4. The van der Waals surface area contributed by atoms with E-state index in [4.69, 9.17) is 23.2 Å². The molecule has 0 unspecified atom stereocenters. The summed E-state index contributed by atoms with van der Waals surface area (Å²) < 4.78 is 0. The molecule has 1 aromatic heterocycles. The number of benzene rings is 3. The summed E-state index contributed by atoms with van der Waals surface area (Å²) in [6, 6.07) is 22.2. The molecule has 1 heterocycles. The number of aromatic hydroxyl groups is 1. The lowest BCUT2D eigenvalue weighted by Gasteiger charge is -2.18. The van der Waals surface area contributed by atoms with Crippen molar-refractivity contribution in [2.75, 3.05) is 22.7 Å². The van der Waals surface area contributed by atoms with Gasteiger partial charge in [0.25, 0.3) is 0 Å². The summed E-state index contributed by atoms with van der Waals surface area (Å²) >= 11 is 12.0. The molecule has 0 spiro atoms. The molecule has 3 aromatic carbocycles. The van der Waals surface area contributed by atoms with Crippen LogP contribution in [0.4, 0.5) is 29.2 Å². The predicted octanol–water partition coefficient (Wildman–Crippen LogP) is 5.84. The van der Waals surface area contributed by atoms with Crippen molar-refractivity contribution in [1.29, 1.82) is 0 Å². The van der Waals surface area contributed by atoms with Crippen LogP contribution in [0.1, 0.15) is 5.56 Å². The summed E-state index contributed by atoms with van der Waals surface area (Å²) in [5.41, 5.74) is 4.85. The molecule has 0 atom stereocenters. The molecule has 0 saturated carbocycles. The number of phenols is 1. The zero-order chi connectivity index (χ0) is 23.2. The number of hydrazone groups is 1. The van der Waals surface area contributed by atoms with Gasteiger partial charge in [-0.25, -0.2) is 5.43 Å². The van der Waals surface area contributed by atoms with Crippen molar-refractivity contribution in [3.05, 3.63) is 88.4 Å². The molecule has 8 nitrogen and oxygen atoms in total. The maximum Gasteiger partial charge on any atom is 0.250 e. The number of phenolic OH excluding ortho intramolecular Hbond substituents is 1. The average Bonchev–Trinajstić information content (AvgIpc) is 2.82. The third kappa shape index (κ3) is 5.68. The number of aromatic nitrogens is 3. The Morgan fingerprint density at radius 3 is 2.30 bits per heavy atom. The second-order valence-electron chi connectivity index (χ2n) is 6.86. The summed E-state index contributed by atoms with van der Waals surface area (Å²) in [5.74, 6) is 0.810. The van der Waals surface area contributed by atoms with Crippen LogP contribution in [-0.2, 0) is 0 Å². The number of rotatable bonds is 7. The highest BCUT2D eigenvalue weighted by Crippen LogP contribution is 2.30. The SMILES string of the molecule is CN(c1ccccc1)c1nc(N/N=C/c2cc(Cl)cc(Cl)c2O)nc(Nc2ccccc2)n1. The van der Waals surface area contributed by atoms with Crippen LogP contribution in [0.15, 0.2) is 77.9 Å². The monoisotopic (exact) mass is 479 g/mol. The second kappa shape index (κ2) is 10.2. The summed E-state index contributed by atoms with van der Waals surface area (Å²) in [6.45, 7) is 0. The molecule has 0 aliphatic heterocycles. The summed E-state index contributed by atoms with van der Waals surface area (Å²) in [7, 11) is 1.86. The third-order valence-corrected chi connectivity index (χ3v) is 5.03. The van der Waals surface area contributed by atoms with E-state index in [0.29, 0.717) is 22.5 Å². The first kappa shape index (κ1) is 22.3. The molecule has 0 radical (unpaired) electrons. The average molecular weight is 480 g/mol. The van der Waals surface area contributed by atoms with Gasteiger partial charge in [0.15, 0.2) is 0 Å². The Hall–Kier alpha value is -3.88. The van der Waals surface area contributed by atoms with Gasteiger partial charge in [-0.05, 0) is 36.4 Å². The molecule has 0 saturated heterocycles. The largest absolute Gasteiger partial charge is 0.506 e. The molecule has 0 aliphatic carbocycles. The number of nitrogens with zero attached hydrogens (tertiary/aromatic N) is 5. The van der Waals surface area contributed by atoms with Crippen molar-refractivity contribution in [2.45, 2.75) is 0 Å². The van der Waals surface area contributed by atoms with Gasteiger partial charge in [0.1, 0.15) is 5.75 Å². The van der Waals surface area contributed by atoms with Gasteiger partial charge in [0.05, 0.1) is 11.2 Å². The van der Waals surface area contributed by atoms with Gasteiger partial charge in [-0.2, -0.15) is 20.1 Å². The fourth-order valence-corrected chi connectivity index (χ4v) is 3.39. The highest BCUT2D eigenvalue weighted by Gasteiger charge is 2.12. The van der Waals surface area contributed by atoms with Crippen LogP contribution in [-0.4, -0.2) is 33.3 Å². The van der Waals surface area contributed by atoms with Crippen LogP contribution in [0, 0.1) is 0 Å². The third-order valence-electron chi connectivity index (χ3n) is 4.52. The van der Waals surface area contributed by atoms with Crippen LogP contribution < -0.4 is 15.6 Å². The summed E-state index contributed by atoms with van der Waals surface area (Å²) in [4.78, 5) is 15.2. The minimum atomic E-state index is -0.127. The van der Waals surface area contributed by atoms with Crippen LogP contribution >= 0.6 is 23.2 Å². The molecule has 10 heteroatoms. The predicted molar refractivity (Wildman–Crippen MR) is 133 cm³/mol. The molecular formula is C23H19Cl2N7O. The Labute approximate surface area is 200 Å². The normalized spacial score (nSPS) is 10.9. The standard InChI is InChI=1S/C23H19Cl2N7O/c1-32(18-10-6-3-7-11-18)23-29-21(27-17-8-4-2-5-9-17)28-22(30-23)31-26-14-15-12-16(24)13-19(25)20(15)33/h2-14,33H,1H3,(H2,27,28,29,30,31)/b26-14+. The number of hydrogen-bond donors (Lipinski definition) is 3. The first-order valence-corrected chi connectivity index (χ1v) is 10.6. The molecule has 4 aromatic rings. The minimum Gasteiger partial charge on any atom is -0.506 e. The zero-order valence-corrected chi connectivity index (χ0v) is 19.0. The van der Waals surface area contributed by atoms with Gasteiger partial charge in [-0.1, -0.05) is 59.6 Å². The van der Waals surface area contributed by atoms with E-state index in [9.17, 15) is 5.11 Å². The molecule has 4 rings (SSSR count). The number of nitrogens with one attached hydrogen (secondary N) is 2. The van der Waals surface area contributed by atoms with Crippen molar-refractivity contribution >= 4 is 58.6 Å². The van der Waals surface area contributed by atoms with Gasteiger partial charge in [0.2, 0.25) is 17.8 Å². The van der Waals surface area contributed by atoms with Crippen molar-refractivity contribution < 1.29 is 5.11 Å². The first-order chi connectivity index (χ1) is 16.0. The van der Waals surface area contributed by atoms with Gasteiger partial charge < -0.3 is 15.3 Å². The molecule has 0 fully saturated rings. The Morgan fingerprint density at radius 1 is 0.909 bits per heavy atom. The molecule has 0 aliphatic rings. The summed E-state index contributed by atoms with van der Waals surface area (Å²) in [5, 5.41) is 17.9. The second-order valence-corrected chi connectivity index (χ2v) is 7.71. The van der Waals surface area contributed by atoms with Gasteiger partial charge >= 0.3 is 0 Å². The highest BCUT2D eigenvalue weighted by molar-refractivity contribution is 6.36. The van der Waals surface area contributed by atoms with Gasteiger partial charge in [-0.15, -0.1) is 0 Å². The quantitative estimate of drug-likeness (QED) is 0.226. The van der Waals surface area contributed by atoms with Crippen LogP contribution in [0.2, 0.25) is 10.0 Å². The lowest BCUT2D eigenvalue weighted by atomic mass is 10.2. The number of halogens is 2. The van der Waals surface area contributed by atoms with Crippen molar-refractivity contribution in [1.82, 2.24) is 15.0 Å². The van der Waals surface area contributed by atoms with E-state index < -0.39 is 0 Å². The van der Waals surface area contributed by atoms with Gasteiger partial charge in [0, 0.05) is 29.0 Å². The van der Waals surface area contributed by atoms with E-state index in [0.717, 1.165) is 11.4 Å². The summed E-state index contributed by atoms with van der Waals surface area (Å²) in [6.07, 6.45) is 1.38. The molecule has 3 N–H and O–H groups in total. The fourth-order valence-electron chi connectivity index (χ4n) is 2.88. The van der Waals surface area contributed by atoms with Crippen molar-refractivity contribution in [3.8, 4) is 5.75 Å². The van der Waals surface area contributed by atoms with E-state index >= 15 is 0 Å². The maximum absolute atomic E-state index is 10.1. The number of hydrogen-bond acceptors (Lipinski definition) is 8. The molecule has 0 bridgehead atoms. The van der Waals surface area contributed by atoms with E-state index in [1.54, 1.807) is 6.07 Å². The Bertz CT molecular complexity index is 1270. The molecule has 33 heavy (non-hydrogen) atoms. The highest BCUT2D eigenvalue weighted by atomic mass is 35.5. The lowest BCUT2D eigenvalue weighted by molar-refractivity contribution is 0.475. The lowest BCUT2D eigenvalue weighted by Crippen LogP contribution is -2.15. The van der Waals surface area contributed by atoms with Crippen LogP contribution in [0.5, 0.6) is 5.75 Å². The number of anilines is 5. The fraction of sp³-hybridized carbons (Fsp3) is 0.0435. The van der Waals surface area contributed by atoms with Crippen LogP contribution in [0.3, 0.4) is 0 Å². The van der Waals surface area contributed by atoms with E-state index in [1.165, 1.54) is 12.3 Å². The van der Waals surface area contributed by atoms with Crippen LogP contribution in [0.25, 0.3) is 0 Å². The van der Waals surface area contributed by atoms with Crippen molar-refractivity contribution in [2.24, 2.45) is 5.10 Å². The van der Waals surface area contributed by atoms with E-state index in [2.05, 4.69) is 30.8 Å². The number of para-hydroxylation sites is 2. The first-order valence-electron chi connectivity index (χ1n) is 9.83. The smallest absolute Gasteiger partial charge is 0.250 e. The van der Waals surface area contributed by atoms with E-state index in [-0.39, 0.29) is 16.7 Å². The Morgan fingerprint density at radius 2 is 1.58 bits per heavy atom. The Kier molecular flexibility index (Phi) is 6.87. The molecule has 166 valence electrons. The van der Waals surface area contributed by atoms with Gasteiger partial charge in [-0.3, -0.25) is 0 Å². The topological polar surface area (TPSA) is 98.6 Å². The molecular weight excluding hydrogens is 461 g/mol.